The van der Waals surface area contributed by atoms with Crippen LogP contribution >= 0.6 is 0 Å². The Morgan fingerprint density at radius 2 is 0.895 bits per heavy atom. The van der Waals surface area contributed by atoms with Gasteiger partial charge in [0.15, 0.2) is 0 Å². The normalized spacial score (nSPS) is 11.8. The molecule has 0 rings (SSSR count). The molecule has 0 radical (unpaired) electrons. The SMILES string of the molecule is CC.CCCCCCCCC(CC)CCCCCC. The van der Waals surface area contributed by atoms with E-state index in [1.165, 1.54) is 83.5 Å². The molecular weight excluding hydrogens is 228 g/mol. The van der Waals surface area contributed by atoms with Crippen LogP contribution in [0.4, 0.5) is 0 Å². The van der Waals surface area contributed by atoms with E-state index in [1.54, 1.807) is 0 Å². The fraction of sp³-hybridized carbons (Fsp3) is 1.00. The Bertz CT molecular complexity index is 128. The molecule has 0 aliphatic carbocycles. The Hall–Kier alpha value is 0. The molecule has 0 bridgehead atoms. The Kier molecular flexibility index (Phi) is 22.8. The van der Waals surface area contributed by atoms with Gasteiger partial charge in [-0.1, -0.05) is 118 Å². The van der Waals surface area contributed by atoms with Crippen LogP contribution in [0.5, 0.6) is 0 Å². The van der Waals surface area contributed by atoms with E-state index in [-0.39, 0.29) is 0 Å². The minimum atomic E-state index is 1.03. The highest BCUT2D eigenvalue weighted by molar-refractivity contribution is 4.58. The van der Waals surface area contributed by atoms with Gasteiger partial charge in [0.25, 0.3) is 0 Å². The van der Waals surface area contributed by atoms with Crippen molar-refractivity contribution >= 4 is 0 Å². The molecule has 0 heterocycles. The van der Waals surface area contributed by atoms with Crippen molar-refractivity contribution in [1.82, 2.24) is 0 Å². The third kappa shape index (κ3) is 18.0. The molecule has 0 spiro atoms. The standard InChI is InChI=1S/C17H36.C2H6/c1-4-7-9-11-12-14-16-17(6-3)15-13-10-8-5-2;1-2/h17H,4-16H2,1-3H3;1-2H3. The molecule has 0 N–H and O–H groups in total. The second-order valence-corrected chi connectivity index (χ2v) is 5.68. The van der Waals surface area contributed by atoms with Gasteiger partial charge < -0.3 is 0 Å². The van der Waals surface area contributed by atoms with Crippen molar-refractivity contribution in [2.45, 2.75) is 118 Å². The monoisotopic (exact) mass is 270 g/mol. The summed E-state index contributed by atoms with van der Waals surface area (Å²) in [6.45, 7) is 11.0. The van der Waals surface area contributed by atoms with Crippen LogP contribution < -0.4 is 0 Å². The summed E-state index contributed by atoms with van der Waals surface area (Å²) >= 11 is 0. The predicted octanol–water partition coefficient (Wildman–Crippen LogP) is 7.76. The highest BCUT2D eigenvalue weighted by Gasteiger charge is 2.05. The van der Waals surface area contributed by atoms with Crippen LogP contribution in [0.2, 0.25) is 0 Å². The number of rotatable bonds is 13. The molecule has 0 aromatic carbocycles. The van der Waals surface area contributed by atoms with Crippen LogP contribution in [0.25, 0.3) is 0 Å². The van der Waals surface area contributed by atoms with Crippen molar-refractivity contribution in [1.29, 1.82) is 0 Å². The minimum absolute atomic E-state index is 1.03. The molecule has 0 saturated carbocycles. The Morgan fingerprint density at radius 3 is 1.32 bits per heavy atom. The second kappa shape index (κ2) is 20.3. The zero-order valence-corrected chi connectivity index (χ0v) is 14.8. The summed E-state index contributed by atoms with van der Waals surface area (Å²) in [7, 11) is 0. The molecule has 0 fully saturated rings. The first-order chi connectivity index (χ1) is 9.35. The minimum Gasteiger partial charge on any atom is -0.0683 e. The fourth-order valence-electron chi connectivity index (χ4n) is 2.63. The first-order valence-corrected chi connectivity index (χ1v) is 9.35. The topological polar surface area (TPSA) is 0 Å². The van der Waals surface area contributed by atoms with Crippen LogP contribution in [0.3, 0.4) is 0 Å². The smallest absolute Gasteiger partial charge is 0.0417 e. The summed E-state index contributed by atoms with van der Waals surface area (Å²) in [5, 5.41) is 0. The molecule has 0 heteroatoms. The van der Waals surface area contributed by atoms with Gasteiger partial charge in [-0.15, -0.1) is 0 Å². The number of unbranched alkanes of at least 4 members (excludes halogenated alkanes) is 8. The van der Waals surface area contributed by atoms with Crippen molar-refractivity contribution in [2.24, 2.45) is 5.92 Å². The molecule has 0 aliphatic rings. The second-order valence-electron chi connectivity index (χ2n) is 5.68. The number of hydrogen-bond acceptors (Lipinski definition) is 0. The Labute approximate surface area is 124 Å². The van der Waals surface area contributed by atoms with E-state index in [2.05, 4.69) is 20.8 Å². The average molecular weight is 271 g/mol. The van der Waals surface area contributed by atoms with Crippen molar-refractivity contribution in [3.05, 3.63) is 0 Å². The molecule has 19 heavy (non-hydrogen) atoms. The van der Waals surface area contributed by atoms with Crippen LogP contribution in [0.1, 0.15) is 118 Å². The lowest BCUT2D eigenvalue weighted by Crippen LogP contribution is -1.99. The molecule has 0 aromatic heterocycles. The quantitative estimate of drug-likeness (QED) is 0.300. The zero-order valence-electron chi connectivity index (χ0n) is 14.8. The first kappa shape index (κ1) is 21.3. The molecular formula is C19H42. The van der Waals surface area contributed by atoms with Gasteiger partial charge in [-0.25, -0.2) is 0 Å². The van der Waals surface area contributed by atoms with E-state index in [0.29, 0.717) is 0 Å². The molecule has 1 atom stereocenters. The van der Waals surface area contributed by atoms with Gasteiger partial charge in [0.2, 0.25) is 0 Å². The van der Waals surface area contributed by atoms with Crippen molar-refractivity contribution in [3.63, 3.8) is 0 Å². The van der Waals surface area contributed by atoms with Crippen LogP contribution in [-0.2, 0) is 0 Å². The third-order valence-electron chi connectivity index (χ3n) is 4.01. The molecule has 0 aliphatic heterocycles. The lowest BCUT2D eigenvalue weighted by Gasteiger charge is -2.14. The summed E-state index contributed by atoms with van der Waals surface area (Å²) in [4.78, 5) is 0. The van der Waals surface area contributed by atoms with Crippen LogP contribution in [0, 0.1) is 5.92 Å². The molecule has 1 unspecified atom stereocenters. The van der Waals surface area contributed by atoms with Gasteiger partial charge in [-0.2, -0.15) is 0 Å². The van der Waals surface area contributed by atoms with E-state index in [9.17, 15) is 0 Å². The van der Waals surface area contributed by atoms with Gasteiger partial charge in [-0.3, -0.25) is 0 Å². The maximum atomic E-state index is 2.38. The molecule has 0 aromatic rings. The largest absolute Gasteiger partial charge is 0.0683 e. The predicted molar refractivity (Wildman–Crippen MR) is 91.9 cm³/mol. The third-order valence-corrected chi connectivity index (χ3v) is 4.01. The Balaban J connectivity index is 0. The first-order valence-electron chi connectivity index (χ1n) is 9.35. The maximum Gasteiger partial charge on any atom is -0.0417 e. The molecule has 0 amide bonds. The molecule has 118 valence electrons. The lowest BCUT2D eigenvalue weighted by molar-refractivity contribution is 0.394. The fourth-order valence-corrected chi connectivity index (χ4v) is 2.63. The highest BCUT2D eigenvalue weighted by Crippen LogP contribution is 2.21. The molecule has 0 nitrogen and oxygen atoms in total. The summed E-state index contributed by atoms with van der Waals surface area (Å²) in [6, 6.07) is 0. The van der Waals surface area contributed by atoms with E-state index in [0.717, 1.165) is 5.92 Å². The van der Waals surface area contributed by atoms with E-state index < -0.39 is 0 Å². The van der Waals surface area contributed by atoms with Gasteiger partial charge in [0.1, 0.15) is 0 Å². The van der Waals surface area contributed by atoms with E-state index >= 15 is 0 Å². The number of hydrogen-bond donors (Lipinski definition) is 0. The van der Waals surface area contributed by atoms with Crippen molar-refractivity contribution in [2.75, 3.05) is 0 Å². The van der Waals surface area contributed by atoms with Crippen molar-refractivity contribution in [3.8, 4) is 0 Å². The van der Waals surface area contributed by atoms with Gasteiger partial charge in [-0.05, 0) is 5.92 Å². The molecule has 0 saturated heterocycles. The van der Waals surface area contributed by atoms with E-state index in [1.807, 2.05) is 13.8 Å². The maximum absolute atomic E-state index is 2.38. The lowest BCUT2D eigenvalue weighted by atomic mass is 9.92. The van der Waals surface area contributed by atoms with Gasteiger partial charge in [0, 0.05) is 0 Å². The van der Waals surface area contributed by atoms with Gasteiger partial charge >= 0.3 is 0 Å². The average Bonchev–Trinajstić information content (AvgIpc) is 2.47. The van der Waals surface area contributed by atoms with Gasteiger partial charge in [0.05, 0.1) is 0 Å². The summed E-state index contributed by atoms with van der Waals surface area (Å²) < 4.78 is 0. The summed E-state index contributed by atoms with van der Waals surface area (Å²) in [5.74, 6) is 1.03. The summed E-state index contributed by atoms with van der Waals surface area (Å²) in [6.07, 6.45) is 18.8. The van der Waals surface area contributed by atoms with Crippen molar-refractivity contribution < 1.29 is 0 Å². The highest BCUT2D eigenvalue weighted by atomic mass is 14.1. The zero-order chi connectivity index (χ0) is 14.8. The van der Waals surface area contributed by atoms with E-state index in [4.69, 9.17) is 0 Å². The summed E-state index contributed by atoms with van der Waals surface area (Å²) in [5.41, 5.74) is 0. The Morgan fingerprint density at radius 1 is 0.526 bits per heavy atom. The van der Waals surface area contributed by atoms with Crippen LogP contribution in [0.15, 0.2) is 0 Å². The van der Waals surface area contributed by atoms with Crippen LogP contribution in [-0.4, -0.2) is 0 Å².